The van der Waals surface area contributed by atoms with Crippen LogP contribution in [0.25, 0.3) is 0 Å². The molecule has 33 heavy (non-hydrogen) atoms. The largest absolute Gasteiger partial charge is 0.466 e. The third-order valence-electron chi connectivity index (χ3n) is 5.79. The van der Waals surface area contributed by atoms with Crippen molar-refractivity contribution in [1.29, 1.82) is 0 Å². The highest BCUT2D eigenvalue weighted by Gasteiger charge is 2.22. The summed E-state index contributed by atoms with van der Waals surface area (Å²) in [5, 5.41) is 2.96. The first-order valence-electron chi connectivity index (χ1n) is 11.4. The first-order chi connectivity index (χ1) is 16.0. The summed E-state index contributed by atoms with van der Waals surface area (Å²) in [6, 6.07) is 12.9. The van der Waals surface area contributed by atoms with E-state index < -0.39 is 0 Å². The molecular weight excluding hydrogens is 414 g/mol. The zero-order chi connectivity index (χ0) is 23.6. The number of nitrogens with two attached hydrogens (primary N) is 1. The Hall–Kier alpha value is -3.59. The number of unbranched alkanes of at least 4 members (excludes halogenated alkanes) is 1. The van der Waals surface area contributed by atoms with Crippen LogP contribution in [0.1, 0.15) is 59.7 Å². The Bertz CT molecular complexity index is 1050. The molecule has 0 bridgehead atoms. The number of aryl methyl sites for hydroxylation is 1. The first kappa shape index (κ1) is 24.1. The minimum absolute atomic E-state index is 0.101. The second kappa shape index (κ2) is 11.9. The second-order valence-corrected chi connectivity index (χ2v) is 8.31. The van der Waals surface area contributed by atoms with Crippen LogP contribution in [-0.4, -0.2) is 30.9 Å². The molecule has 1 aliphatic carbocycles. The van der Waals surface area contributed by atoms with Gasteiger partial charge in [0.1, 0.15) is 12.4 Å². The van der Waals surface area contributed by atoms with Crippen LogP contribution < -0.4 is 11.1 Å². The number of esters is 1. The predicted molar refractivity (Wildman–Crippen MR) is 131 cm³/mol. The average molecular weight is 446 g/mol. The molecule has 2 aromatic rings. The van der Waals surface area contributed by atoms with Gasteiger partial charge in [-0.2, -0.15) is 0 Å². The van der Waals surface area contributed by atoms with E-state index in [-0.39, 0.29) is 18.4 Å². The second-order valence-electron chi connectivity index (χ2n) is 8.31. The summed E-state index contributed by atoms with van der Waals surface area (Å²) in [4.78, 5) is 28.8. The molecule has 1 unspecified atom stereocenters. The summed E-state index contributed by atoms with van der Waals surface area (Å²) < 4.78 is 5.31. The Morgan fingerprint density at radius 3 is 2.67 bits per heavy atom. The molecule has 0 aromatic heterocycles. The molecular formula is C27H31N3O3. The van der Waals surface area contributed by atoms with Gasteiger partial charge in [0.05, 0.1) is 6.61 Å². The number of hydrogen-bond acceptors (Lipinski definition) is 4. The molecule has 3 rings (SSSR count). The van der Waals surface area contributed by atoms with Gasteiger partial charge in [0.15, 0.2) is 0 Å². The maximum absolute atomic E-state index is 12.7. The van der Waals surface area contributed by atoms with Crippen LogP contribution in [0.5, 0.6) is 0 Å². The topological polar surface area (TPSA) is 93.8 Å². The fourth-order valence-corrected chi connectivity index (χ4v) is 3.93. The minimum Gasteiger partial charge on any atom is -0.466 e. The number of carbonyl (C=O) groups is 2. The van der Waals surface area contributed by atoms with Crippen molar-refractivity contribution in [2.75, 3.05) is 18.5 Å². The fraction of sp³-hybridized carbons (Fsp3) is 0.370. The maximum Gasteiger partial charge on any atom is 0.306 e. The molecule has 6 nitrogen and oxygen atoms in total. The zero-order valence-electron chi connectivity index (χ0n) is 19.1. The Morgan fingerprint density at radius 1 is 1.18 bits per heavy atom. The zero-order valence-corrected chi connectivity index (χ0v) is 19.1. The quantitative estimate of drug-likeness (QED) is 0.200. The lowest BCUT2D eigenvalue weighted by Gasteiger charge is -2.24. The Morgan fingerprint density at radius 2 is 1.94 bits per heavy atom. The van der Waals surface area contributed by atoms with Gasteiger partial charge in [0.2, 0.25) is 0 Å². The lowest BCUT2D eigenvalue weighted by molar-refractivity contribution is -0.145. The number of amides is 1. The van der Waals surface area contributed by atoms with E-state index in [1.165, 1.54) is 11.1 Å². The van der Waals surface area contributed by atoms with Crippen LogP contribution in [0.15, 0.2) is 47.5 Å². The number of anilines is 1. The van der Waals surface area contributed by atoms with Gasteiger partial charge in [-0.1, -0.05) is 37.5 Å². The van der Waals surface area contributed by atoms with Crippen molar-refractivity contribution in [3.05, 3.63) is 64.7 Å². The first-order valence-corrected chi connectivity index (χ1v) is 11.4. The number of ether oxygens (including phenoxy) is 1. The van der Waals surface area contributed by atoms with Gasteiger partial charge in [-0.15, -0.1) is 6.42 Å². The number of nitrogens with one attached hydrogen (secondary N) is 1. The smallest absolute Gasteiger partial charge is 0.306 e. The molecule has 3 N–H and O–H groups in total. The van der Waals surface area contributed by atoms with Crippen LogP contribution in [-0.2, 0) is 22.4 Å². The van der Waals surface area contributed by atoms with Gasteiger partial charge in [-0.05, 0) is 67.0 Å². The van der Waals surface area contributed by atoms with Crippen molar-refractivity contribution < 1.29 is 14.3 Å². The molecule has 0 radical (unpaired) electrons. The molecule has 0 spiro atoms. The van der Waals surface area contributed by atoms with Crippen LogP contribution >= 0.6 is 0 Å². The number of aliphatic imine (C=N–C) groups is 1. The Kier molecular flexibility index (Phi) is 8.65. The molecule has 1 atom stereocenters. The summed E-state index contributed by atoms with van der Waals surface area (Å²) in [5.41, 5.74) is 10.4. The number of carbonyl (C=O) groups excluding carboxylic acids is 2. The molecule has 1 aliphatic rings. The van der Waals surface area contributed by atoms with E-state index in [1.54, 1.807) is 24.3 Å². The van der Waals surface area contributed by atoms with Gasteiger partial charge in [0, 0.05) is 23.2 Å². The normalized spacial score (nSPS) is 15.3. The molecule has 0 fully saturated rings. The van der Waals surface area contributed by atoms with Crippen LogP contribution in [0.2, 0.25) is 0 Å². The molecule has 1 amide bonds. The Balaban J connectivity index is 1.57. The predicted octanol–water partition coefficient (Wildman–Crippen LogP) is 4.12. The van der Waals surface area contributed by atoms with Crippen molar-refractivity contribution in [2.24, 2.45) is 16.6 Å². The summed E-state index contributed by atoms with van der Waals surface area (Å²) >= 11 is 0. The van der Waals surface area contributed by atoms with Crippen molar-refractivity contribution in [2.45, 2.75) is 45.4 Å². The van der Waals surface area contributed by atoms with Crippen LogP contribution in [0.4, 0.5) is 5.69 Å². The number of nitrogens with zero attached hydrogens (tertiary/aromatic N) is 1. The van der Waals surface area contributed by atoms with Gasteiger partial charge in [0.25, 0.3) is 5.91 Å². The van der Waals surface area contributed by atoms with E-state index in [4.69, 9.17) is 16.9 Å². The lowest BCUT2D eigenvalue weighted by atomic mass is 9.82. The summed E-state index contributed by atoms with van der Waals surface area (Å²) in [7, 11) is 0. The van der Waals surface area contributed by atoms with Crippen molar-refractivity contribution >= 4 is 23.4 Å². The number of amidine groups is 1. The van der Waals surface area contributed by atoms with Gasteiger partial charge in [-0.3, -0.25) is 14.6 Å². The van der Waals surface area contributed by atoms with Crippen molar-refractivity contribution in [1.82, 2.24) is 0 Å². The molecule has 0 saturated carbocycles. The number of benzene rings is 2. The molecule has 6 heteroatoms. The van der Waals surface area contributed by atoms with E-state index in [1.807, 2.05) is 18.2 Å². The molecule has 2 aromatic carbocycles. The minimum atomic E-state index is -0.191. The maximum atomic E-state index is 12.7. The number of hydrogen-bond donors (Lipinski definition) is 2. The standard InChI is InChI=1S/C27H31N3O3/c1-3-5-15-33-25(31)17-19-6-7-23-18-24(13-12-22(23)16-19)30-27(32)21-10-8-20(9-11-21)26(28)29-14-4-2/h2,8-13,18-19H,3,5-7,14-17H2,1H3,(H2,28,29)(H,30,32). The number of terminal acetylenes is 1. The highest BCUT2D eigenvalue weighted by Crippen LogP contribution is 2.30. The molecule has 172 valence electrons. The molecule has 0 saturated heterocycles. The third kappa shape index (κ3) is 6.95. The van der Waals surface area contributed by atoms with E-state index in [0.717, 1.165) is 43.4 Å². The average Bonchev–Trinajstić information content (AvgIpc) is 2.82. The van der Waals surface area contributed by atoms with Crippen LogP contribution in [0.3, 0.4) is 0 Å². The van der Waals surface area contributed by atoms with Crippen molar-refractivity contribution in [3.8, 4) is 12.3 Å². The number of rotatable bonds is 9. The highest BCUT2D eigenvalue weighted by molar-refractivity contribution is 6.05. The van der Waals surface area contributed by atoms with Gasteiger partial charge >= 0.3 is 5.97 Å². The van der Waals surface area contributed by atoms with E-state index in [9.17, 15) is 9.59 Å². The summed E-state index contributed by atoms with van der Waals surface area (Å²) in [5.74, 6) is 2.78. The van der Waals surface area contributed by atoms with E-state index >= 15 is 0 Å². The molecule has 0 heterocycles. The lowest BCUT2D eigenvalue weighted by Crippen LogP contribution is -2.20. The fourth-order valence-electron chi connectivity index (χ4n) is 3.93. The van der Waals surface area contributed by atoms with E-state index in [0.29, 0.717) is 30.3 Å². The van der Waals surface area contributed by atoms with Gasteiger partial charge in [-0.25, -0.2) is 0 Å². The third-order valence-corrected chi connectivity index (χ3v) is 5.79. The van der Waals surface area contributed by atoms with Crippen molar-refractivity contribution in [3.63, 3.8) is 0 Å². The Labute approximate surface area is 195 Å². The SMILES string of the molecule is C#CCN=C(N)c1ccc(C(=O)Nc2ccc3c(c2)CCC(CC(=O)OCCCC)C3)cc1. The monoisotopic (exact) mass is 445 g/mol. The highest BCUT2D eigenvalue weighted by atomic mass is 16.5. The van der Waals surface area contributed by atoms with E-state index in [2.05, 4.69) is 23.2 Å². The van der Waals surface area contributed by atoms with Crippen LogP contribution in [0, 0.1) is 18.3 Å². The summed E-state index contributed by atoms with van der Waals surface area (Å²) in [6.45, 7) is 2.81. The number of fused-ring (bicyclic) bond motifs is 1. The molecule has 0 aliphatic heterocycles. The van der Waals surface area contributed by atoms with Gasteiger partial charge < -0.3 is 15.8 Å². The summed E-state index contributed by atoms with van der Waals surface area (Å²) in [6.07, 6.45) is 10.3.